The summed E-state index contributed by atoms with van der Waals surface area (Å²) in [6, 6.07) is 4.49. The van der Waals surface area contributed by atoms with Crippen molar-refractivity contribution in [3.63, 3.8) is 0 Å². The number of nitrogens with one attached hydrogen (secondary N) is 2. The molecule has 2 aliphatic heterocycles. The molecule has 10 heteroatoms. The van der Waals surface area contributed by atoms with E-state index in [1.807, 2.05) is 0 Å². The van der Waals surface area contributed by atoms with Crippen LogP contribution in [-0.4, -0.2) is 58.6 Å². The number of aliphatic hydroxyl groups excluding tert-OH is 1. The van der Waals surface area contributed by atoms with Crippen molar-refractivity contribution in [2.75, 3.05) is 6.54 Å². The standard InChI is InChI=1S/C24H28F3N3O4/c25-24(26,27)23(9-10-23)13-28-17-3-1-2-4-19(17)34-15-5-6-16-14(11-15)12-30(22(16)33)18-7-8-20(31)29-21(18)32/h5-6,11,17-19,28H,1-4,7-10,12-13H2,(H,29,31,32)/p+1/t17-,18?,19-/m0/s1. The van der Waals surface area contributed by atoms with E-state index in [-0.39, 0.29) is 62.2 Å². The minimum atomic E-state index is -4.18. The van der Waals surface area contributed by atoms with Crippen molar-refractivity contribution in [1.29, 1.82) is 0 Å². The van der Waals surface area contributed by atoms with E-state index in [1.165, 1.54) is 0 Å². The number of nitrogens with zero attached hydrogens (tertiary/aromatic N) is 1. The van der Waals surface area contributed by atoms with E-state index < -0.39 is 17.6 Å². The first-order valence-electron chi connectivity index (χ1n) is 11.9. The Morgan fingerprint density at radius 1 is 1.18 bits per heavy atom. The van der Waals surface area contributed by atoms with Crippen LogP contribution in [-0.2, 0) is 11.3 Å². The van der Waals surface area contributed by atoms with Crippen LogP contribution in [0.1, 0.15) is 67.3 Å². The number of fused-ring (bicyclic) bond motifs is 1. The number of amides is 2. The Hall–Kier alpha value is -2.62. The topological polar surface area (TPSA) is 92.8 Å². The van der Waals surface area contributed by atoms with Crippen LogP contribution < -0.4 is 15.0 Å². The summed E-state index contributed by atoms with van der Waals surface area (Å²) >= 11 is 0. The fourth-order valence-electron chi connectivity index (χ4n) is 5.33. The lowest BCUT2D eigenvalue weighted by atomic mass is 9.91. The van der Waals surface area contributed by atoms with Crippen molar-refractivity contribution in [1.82, 2.24) is 10.2 Å². The minimum Gasteiger partial charge on any atom is -0.489 e. The molecule has 4 aliphatic rings. The van der Waals surface area contributed by atoms with Crippen LogP contribution in [0.2, 0.25) is 0 Å². The molecule has 2 heterocycles. The molecule has 1 aromatic rings. The molecule has 0 radical (unpaired) electrons. The van der Waals surface area contributed by atoms with E-state index in [9.17, 15) is 27.9 Å². The summed E-state index contributed by atoms with van der Waals surface area (Å²) in [7, 11) is 0. The van der Waals surface area contributed by atoms with Crippen LogP contribution in [0, 0.1) is 5.41 Å². The molecule has 1 aromatic carbocycles. The number of carbonyl (C=O) groups excluding carboxylic acids is 2. The smallest absolute Gasteiger partial charge is 0.395 e. The quantitative estimate of drug-likeness (QED) is 0.579. The molecule has 2 fully saturated rings. The van der Waals surface area contributed by atoms with E-state index in [0.29, 0.717) is 17.7 Å². The summed E-state index contributed by atoms with van der Waals surface area (Å²) in [5, 5.41) is 13.3. The van der Waals surface area contributed by atoms with Gasteiger partial charge in [0.25, 0.3) is 5.91 Å². The zero-order valence-electron chi connectivity index (χ0n) is 18.8. The molecule has 0 bridgehead atoms. The molecule has 34 heavy (non-hydrogen) atoms. The van der Waals surface area contributed by atoms with Gasteiger partial charge in [0.2, 0.25) is 0 Å². The number of ether oxygens (including phenoxy) is 1. The maximum atomic E-state index is 13.3. The van der Waals surface area contributed by atoms with Crippen LogP contribution in [0.15, 0.2) is 18.2 Å². The largest absolute Gasteiger partial charge is 0.489 e. The Morgan fingerprint density at radius 3 is 2.65 bits per heavy atom. The average molecular weight is 481 g/mol. The average Bonchev–Trinajstić information content (AvgIpc) is 3.52. The van der Waals surface area contributed by atoms with Gasteiger partial charge < -0.3 is 20.1 Å². The highest BCUT2D eigenvalue weighted by Crippen LogP contribution is 2.57. The molecule has 2 saturated carbocycles. The van der Waals surface area contributed by atoms with Crippen LogP contribution in [0.25, 0.3) is 0 Å². The summed E-state index contributed by atoms with van der Waals surface area (Å²) in [5.74, 6) is -0.119. The predicted octanol–water partition coefficient (Wildman–Crippen LogP) is 1.99. The number of alkyl halides is 3. The molecule has 1 unspecified atom stereocenters. The van der Waals surface area contributed by atoms with Crippen molar-refractivity contribution < 1.29 is 37.6 Å². The van der Waals surface area contributed by atoms with Crippen molar-refractivity contribution in [3.8, 4) is 5.75 Å². The zero-order valence-corrected chi connectivity index (χ0v) is 18.8. The third kappa shape index (κ3) is 4.28. The van der Waals surface area contributed by atoms with Crippen molar-refractivity contribution in [2.24, 2.45) is 5.41 Å². The van der Waals surface area contributed by atoms with E-state index in [0.717, 1.165) is 31.2 Å². The molecule has 2 amide bonds. The summed E-state index contributed by atoms with van der Waals surface area (Å²) in [6.45, 7) is 0.211. The summed E-state index contributed by atoms with van der Waals surface area (Å²) in [4.78, 5) is 28.3. The molecular formula is C24H29F3N3O4+. The Labute approximate surface area is 195 Å². The van der Waals surface area contributed by atoms with Gasteiger partial charge in [0, 0.05) is 24.7 Å². The first-order chi connectivity index (χ1) is 16.2. The van der Waals surface area contributed by atoms with Gasteiger partial charge in [-0.25, -0.2) is 4.79 Å². The van der Waals surface area contributed by atoms with Gasteiger partial charge in [0.15, 0.2) is 6.04 Å². The Morgan fingerprint density at radius 2 is 1.94 bits per heavy atom. The third-order valence-corrected chi connectivity index (χ3v) is 7.66. The lowest BCUT2D eigenvalue weighted by molar-refractivity contribution is -0.394. The van der Waals surface area contributed by atoms with Gasteiger partial charge in [-0.15, -0.1) is 4.99 Å². The van der Waals surface area contributed by atoms with E-state index in [1.54, 1.807) is 23.1 Å². The first kappa shape index (κ1) is 23.1. The molecule has 5 rings (SSSR count). The second kappa shape index (κ2) is 8.55. The minimum absolute atomic E-state index is 0.0768. The second-order valence-electron chi connectivity index (χ2n) is 9.95. The van der Waals surface area contributed by atoms with Crippen LogP contribution >= 0.6 is 0 Å². The Bertz CT molecular complexity index is 1020. The first-order valence-corrected chi connectivity index (χ1v) is 11.9. The molecule has 0 spiro atoms. The zero-order chi connectivity index (χ0) is 24.1. The van der Waals surface area contributed by atoms with Gasteiger partial charge >= 0.3 is 18.0 Å². The van der Waals surface area contributed by atoms with Crippen molar-refractivity contribution in [3.05, 3.63) is 29.3 Å². The summed E-state index contributed by atoms with van der Waals surface area (Å²) < 4.78 is 46.2. The molecule has 3 atom stereocenters. The molecule has 3 N–H and O–H groups in total. The van der Waals surface area contributed by atoms with Gasteiger partial charge in [0.1, 0.15) is 11.9 Å². The fourth-order valence-corrected chi connectivity index (χ4v) is 5.33. The fraction of sp³-hybridized carbons (Fsp3) is 0.625. The van der Waals surface area contributed by atoms with E-state index in [4.69, 9.17) is 4.74 Å². The number of hydrogen-bond donors (Lipinski definition) is 3. The number of rotatable bonds is 6. The molecule has 184 valence electrons. The normalized spacial score (nSPS) is 28.5. The Kier molecular flexibility index (Phi) is 5.82. The highest BCUT2D eigenvalue weighted by molar-refractivity contribution is 6.01. The van der Waals surface area contributed by atoms with Crippen molar-refractivity contribution in [2.45, 2.75) is 82.3 Å². The van der Waals surface area contributed by atoms with Gasteiger partial charge in [0.05, 0.1) is 11.8 Å². The second-order valence-corrected chi connectivity index (χ2v) is 9.95. The Balaban J connectivity index is 1.26. The van der Waals surface area contributed by atoms with Crippen LogP contribution in [0.3, 0.4) is 0 Å². The number of benzene rings is 1. The predicted molar refractivity (Wildman–Crippen MR) is 115 cm³/mol. The van der Waals surface area contributed by atoms with Crippen molar-refractivity contribution >= 4 is 17.7 Å². The number of halogens is 3. The molecule has 7 nitrogen and oxygen atoms in total. The molecule has 2 aliphatic carbocycles. The van der Waals surface area contributed by atoms with Gasteiger partial charge in [-0.05, 0) is 62.3 Å². The molecular weight excluding hydrogens is 451 g/mol. The monoisotopic (exact) mass is 480 g/mol. The summed E-state index contributed by atoms with van der Waals surface area (Å²) in [5.41, 5.74) is -0.300. The van der Waals surface area contributed by atoms with E-state index >= 15 is 0 Å². The summed E-state index contributed by atoms with van der Waals surface area (Å²) in [6.07, 6.45) is -0.0728. The lowest BCUT2D eigenvalue weighted by Crippen LogP contribution is -2.82. The highest BCUT2D eigenvalue weighted by atomic mass is 19.4. The highest BCUT2D eigenvalue weighted by Gasteiger charge is 2.62. The SMILES string of the molecule is O=C1CCC(N2Cc3cc(O[C@H]4CCCC[C@@H]4NCC4(C(F)(F)F)CC4)ccc3C2=O)C(O)=[NH+]1. The van der Waals surface area contributed by atoms with E-state index in [2.05, 4.69) is 10.3 Å². The lowest BCUT2D eigenvalue weighted by Gasteiger charge is -2.34. The number of carbonyl (C=O) groups is 2. The van der Waals surface area contributed by atoms with Crippen LogP contribution in [0.4, 0.5) is 13.2 Å². The van der Waals surface area contributed by atoms with Gasteiger partial charge in [-0.3, -0.25) is 4.79 Å². The number of aliphatic hydroxyl groups is 1. The maximum Gasteiger partial charge on any atom is 0.395 e. The molecule has 0 aromatic heterocycles. The van der Waals surface area contributed by atoms with Gasteiger partial charge in [-0.1, -0.05) is 6.42 Å². The third-order valence-electron chi connectivity index (χ3n) is 7.66. The number of hydrogen-bond acceptors (Lipinski definition) is 4. The molecule has 0 saturated heterocycles. The van der Waals surface area contributed by atoms with Gasteiger partial charge in [-0.2, -0.15) is 13.2 Å². The van der Waals surface area contributed by atoms with Crippen LogP contribution in [0.5, 0.6) is 5.75 Å². The maximum absolute atomic E-state index is 13.3.